The molecule has 0 bridgehead atoms. The zero-order valence-electron chi connectivity index (χ0n) is 22.0. The van der Waals surface area contributed by atoms with Gasteiger partial charge in [-0.25, -0.2) is 17.1 Å². The molecule has 0 aromatic heterocycles. The molecular formula is C26H30FN3O6S2. The standard InChI is InChI=1S/C26H30FN3O6S2/c1-15-12-16(10-11-19(15)27)13-30-24(26(2,3)4)22(31)20(25(30)32)21-18-9-7-8-17(14-29(5)37(6,33)34)23(18)38(35,36)28-21/h7-12,24,31H,13-14H2,1-6H3/t24-/m1/s1. The molecule has 0 spiro atoms. The van der Waals surface area contributed by atoms with Crippen LogP contribution < -0.4 is 0 Å². The van der Waals surface area contributed by atoms with Crippen LogP contribution in [0.15, 0.2) is 57.0 Å². The highest BCUT2D eigenvalue weighted by molar-refractivity contribution is 7.91. The van der Waals surface area contributed by atoms with Crippen LogP contribution in [-0.2, 0) is 37.9 Å². The molecule has 204 valence electrons. The minimum Gasteiger partial charge on any atom is -0.509 e. The van der Waals surface area contributed by atoms with Crippen molar-refractivity contribution in [2.45, 2.75) is 51.7 Å². The van der Waals surface area contributed by atoms with Gasteiger partial charge in [0.2, 0.25) is 10.0 Å². The van der Waals surface area contributed by atoms with E-state index in [0.29, 0.717) is 11.1 Å². The predicted octanol–water partition coefficient (Wildman–Crippen LogP) is 3.29. The summed E-state index contributed by atoms with van der Waals surface area (Å²) in [5.41, 5.74) is 0.325. The molecule has 0 fully saturated rings. The second-order valence-electron chi connectivity index (χ2n) is 10.8. The monoisotopic (exact) mass is 563 g/mol. The SMILES string of the molecule is Cc1cc(CN2C(=O)C(C3=NS(=O)(=O)c4c(CN(C)S(C)(=O)=O)cccc43)=C(O)[C@@H]2C(C)(C)C)ccc1F. The van der Waals surface area contributed by atoms with Crippen LogP contribution in [0.1, 0.15) is 43.0 Å². The van der Waals surface area contributed by atoms with Crippen molar-refractivity contribution in [1.29, 1.82) is 0 Å². The van der Waals surface area contributed by atoms with Crippen LogP contribution in [0.5, 0.6) is 0 Å². The first-order chi connectivity index (χ1) is 17.4. The van der Waals surface area contributed by atoms with E-state index in [1.807, 2.05) is 20.8 Å². The van der Waals surface area contributed by atoms with E-state index in [2.05, 4.69) is 4.40 Å². The Hall–Kier alpha value is -3.09. The summed E-state index contributed by atoms with van der Waals surface area (Å²) in [5.74, 6) is -1.29. The third kappa shape index (κ3) is 4.87. The minimum atomic E-state index is -4.29. The first-order valence-electron chi connectivity index (χ1n) is 11.8. The molecule has 38 heavy (non-hydrogen) atoms. The number of aryl methyl sites for hydroxylation is 1. The molecule has 0 radical (unpaired) electrons. The maximum atomic E-state index is 13.8. The molecule has 2 aromatic rings. The van der Waals surface area contributed by atoms with Gasteiger partial charge in [0.05, 0.1) is 12.3 Å². The summed E-state index contributed by atoms with van der Waals surface area (Å²) in [6.45, 7) is 6.97. The van der Waals surface area contributed by atoms with Crippen molar-refractivity contribution in [1.82, 2.24) is 9.21 Å². The van der Waals surface area contributed by atoms with E-state index in [-0.39, 0.29) is 52.0 Å². The van der Waals surface area contributed by atoms with Crippen LogP contribution in [-0.4, -0.2) is 62.1 Å². The number of carbonyl (C=O) groups excluding carboxylic acids is 1. The second-order valence-corrected chi connectivity index (χ2v) is 14.4. The number of fused-ring (bicyclic) bond motifs is 1. The van der Waals surface area contributed by atoms with Crippen molar-refractivity contribution in [2.75, 3.05) is 13.3 Å². The van der Waals surface area contributed by atoms with Gasteiger partial charge in [-0.05, 0) is 35.1 Å². The number of hydrogen-bond acceptors (Lipinski definition) is 6. The number of nitrogens with zero attached hydrogens (tertiary/aromatic N) is 3. The highest BCUT2D eigenvalue weighted by atomic mass is 32.2. The first kappa shape index (κ1) is 27.9. The molecule has 0 saturated heterocycles. The molecule has 1 N–H and O–H groups in total. The van der Waals surface area contributed by atoms with Gasteiger partial charge in [-0.3, -0.25) is 4.79 Å². The fourth-order valence-corrected chi connectivity index (χ4v) is 6.67. The summed E-state index contributed by atoms with van der Waals surface area (Å²) in [4.78, 5) is 15.0. The summed E-state index contributed by atoms with van der Waals surface area (Å²) in [5, 5.41) is 11.4. The van der Waals surface area contributed by atoms with E-state index in [4.69, 9.17) is 0 Å². The van der Waals surface area contributed by atoms with E-state index >= 15 is 0 Å². The number of benzene rings is 2. The van der Waals surface area contributed by atoms with Gasteiger partial charge in [0.1, 0.15) is 27.8 Å². The molecule has 9 nitrogen and oxygen atoms in total. The number of amides is 1. The van der Waals surface area contributed by atoms with E-state index in [9.17, 15) is 31.1 Å². The van der Waals surface area contributed by atoms with Crippen LogP contribution in [0.3, 0.4) is 0 Å². The van der Waals surface area contributed by atoms with Gasteiger partial charge in [-0.2, -0.15) is 12.8 Å². The predicted molar refractivity (Wildman–Crippen MR) is 141 cm³/mol. The minimum absolute atomic E-state index is 0.0571. The normalized spacial score (nSPS) is 19.4. The molecule has 1 amide bonds. The Morgan fingerprint density at radius 2 is 1.84 bits per heavy atom. The van der Waals surface area contributed by atoms with Gasteiger partial charge < -0.3 is 10.0 Å². The van der Waals surface area contributed by atoms with E-state index in [1.54, 1.807) is 25.1 Å². The molecule has 2 heterocycles. The van der Waals surface area contributed by atoms with Crippen LogP contribution >= 0.6 is 0 Å². The molecule has 2 aliphatic heterocycles. The summed E-state index contributed by atoms with van der Waals surface area (Å²) in [6, 6.07) is 8.21. The van der Waals surface area contributed by atoms with Gasteiger partial charge in [-0.15, -0.1) is 0 Å². The van der Waals surface area contributed by atoms with Crippen molar-refractivity contribution >= 4 is 31.7 Å². The fourth-order valence-electron chi connectivity index (χ4n) is 4.87. The lowest BCUT2D eigenvalue weighted by Crippen LogP contribution is -2.43. The van der Waals surface area contributed by atoms with Gasteiger partial charge in [0.25, 0.3) is 15.9 Å². The van der Waals surface area contributed by atoms with Gasteiger partial charge in [-0.1, -0.05) is 51.1 Å². The number of carbonyl (C=O) groups is 1. The lowest BCUT2D eigenvalue weighted by Gasteiger charge is -2.35. The smallest absolute Gasteiger partial charge is 0.283 e. The lowest BCUT2D eigenvalue weighted by atomic mass is 9.84. The van der Waals surface area contributed by atoms with Crippen LogP contribution in [0.2, 0.25) is 0 Å². The number of halogens is 1. The maximum absolute atomic E-state index is 13.8. The molecule has 0 unspecified atom stereocenters. The maximum Gasteiger partial charge on any atom is 0.283 e. The van der Waals surface area contributed by atoms with E-state index < -0.39 is 37.4 Å². The topological polar surface area (TPSA) is 124 Å². The third-order valence-corrected chi connectivity index (χ3v) is 9.40. The Balaban J connectivity index is 1.82. The second kappa shape index (κ2) is 9.28. The Bertz CT molecular complexity index is 1620. The van der Waals surface area contributed by atoms with Gasteiger partial charge in [0, 0.05) is 25.7 Å². The van der Waals surface area contributed by atoms with Gasteiger partial charge >= 0.3 is 0 Å². The molecule has 1 atom stereocenters. The summed E-state index contributed by atoms with van der Waals surface area (Å²) in [7, 11) is -6.56. The Labute approximate surface area is 222 Å². The van der Waals surface area contributed by atoms with Crippen molar-refractivity contribution in [3.63, 3.8) is 0 Å². The van der Waals surface area contributed by atoms with E-state index in [0.717, 1.165) is 10.6 Å². The quantitative estimate of drug-likeness (QED) is 0.575. The zero-order valence-corrected chi connectivity index (χ0v) is 23.6. The number of aliphatic hydroxyl groups excluding tert-OH is 1. The van der Waals surface area contributed by atoms with Crippen LogP contribution in [0.25, 0.3) is 0 Å². The molecule has 12 heteroatoms. The third-order valence-electron chi connectivity index (χ3n) is 6.71. The number of hydrogen-bond donors (Lipinski definition) is 1. The largest absolute Gasteiger partial charge is 0.509 e. The molecular weight excluding hydrogens is 533 g/mol. The Morgan fingerprint density at radius 1 is 1.18 bits per heavy atom. The Kier molecular flexibility index (Phi) is 6.82. The number of aliphatic hydroxyl groups is 1. The molecule has 0 aliphatic carbocycles. The lowest BCUT2D eigenvalue weighted by molar-refractivity contribution is -0.129. The van der Waals surface area contributed by atoms with E-state index in [1.165, 1.54) is 30.1 Å². The fraction of sp³-hybridized carbons (Fsp3) is 0.385. The summed E-state index contributed by atoms with van der Waals surface area (Å²) in [6.07, 6.45) is 1.01. The van der Waals surface area contributed by atoms with Crippen LogP contribution in [0, 0.1) is 18.2 Å². The molecule has 0 saturated carbocycles. The first-order valence-corrected chi connectivity index (χ1v) is 15.1. The van der Waals surface area contributed by atoms with Crippen molar-refractivity contribution in [3.8, 4) is 0 Å². The summed E-state index contributed by atoms with van der Waals surface area (Å²) < 4.78 is 69.0. The molecule has 2 aromatic carbocycles. The summed E-state index contributed by atoms with van der Waals surface area (Å²) >= 11 is 0. The van der Waals surface area contributed by atoms with Crippen LogP contribution in [0.4, 0.5) is 4.39 Å². The van der Waals surface area contributed by atoms with Crippen molar-refractivity contribution in [3.05, 3.63) is 75.8 Å². The number of sulfonamides is 2. The van der Waals surface area contributed by atoms with Crippen molar-refractivity contribution < 1.29 is 31.1 Å². The van der Waals surface area contributed by atoms with Crippen molar-refractivity contribution in [2.24, 2.45) is 9.81 Å². The number of rotatable bonds is 6. The molecule has 2 aliphatic rings. The average Bonchev–Trinajstić information content (AvgIpc) is 3.19. The highest BCUT2D eigenvalue weighted by Gasteiger charge is 2.49. The molecule has 4 rings (SSSR count). The average molecular weight is 564 g/mol. The van der Waals surface area contributed by atoms with Gasteiger partial charge in [0.15, 0.2) is 0 Å². The Morgan fingerprint density at radius 3 is 2.42 bits per heavy atom. The highest BCUT2D eigenvalue weighted by Crippen LogP contribution is 2.41. The zero-order chi connectivity index (χ0) is 28.4.